The lowest BCUT2D eigenvalue weighted by Gasteiger charge is -2.33. The Hall–Kier alpha value is -11.1. The van der Waals surface area contributed by atoms with Crippen LogP contribution < -0.4 is 21.1 Å². The third-order valence-electron chi connectivity index (χ3n) is 21.1. The van der Waals surface area contributed by atoms with E-state index in [-0.39, 0.29) is 18.5 Å². The first kappa shape index (κ1) is 50.9. The molecule has 20 rings (SSSR count). The molecule has 5 nitrogen and oxygen atoms in total. The molecule has 3 aliphatic heterocycles. The van der Waals surface area contributed by atoms with E-state index in [0.717, 1.165) is 34.2 Å². The molecule has 0 N–H and O–H groups in total. The second-order valence-electron chi connectivity index (χ2n) is 26.2. The smallest absolute Gasteiger partial charge is 0.251 e. The van der Waals surface area contributed by atoms with E-state index in [4.69, 9.17) is 4.74 Å². The lowest BCUT2D eigenvalue weighted by Crippen LogP contribution is -2.57. The van der Waals surface area contributed by atoms with E-state index in [1.165, 1.54) is 154 Å². The Morgan fingerprint density at radius 1 is 0.308 bits per heavy atom. The fourth-order valence-electron chi connectivity index (χ4n) is 16.6. The fourth-order valence-corrected chi connectivity index (χ4v) is 16.6. The summed E-state index contributed by atoms with van der Waals surface area (Å²) in [6.45, 7) is 9.48. The van der Waals surface area contributed by atoms with Crippen LogP contribution >= 0.6 is 0 Å². The molecule has 91 heavy (non-hydrogen) atoms. The van der Waals surface area contributed by atoms with Gasteiger partial charge >= 0.3 is 0 Å². The number of ether oxygens (including phenoxy) is 1. The number of benzene rings is 13. The number of hydrogen-bond donors (Lipinski definition) is 0. The van der Waals surface area contributed by atoms with Crippen molar-refractivity contribution in [1.29, 1.82) is 0 Å². The molecule has 13 aromatic carbocycles. The van der Waals surface area contributed by atoms with E-state index in [9.17, 15) is 0 Å². The normalized spacial score (nSPS) is 14.8. The maximum Gasteiger partial charge on any atom is 0.251 e. The Kier molecular flexibility index (Phi) is 10.5. The molecule has 2 unspecified atom stereocenters. The topological polar surface area (TPSA) is 28.9 Å². The Labute approximate surface area is 526 Å². The Bertz CT molecular complexity index is 5580. The monoisotopic (exact) mass is 1160 g/mol. The molecular formula is C85H59BN4O. The van der Waals surface area contributed by atoms with E-state index in [2.05, 4.69) is 313 Å². The van der Waals surface area contributed by atoms with Crippen LogP contribution in [0.2, 0.25) is 0 Å². The first-order chi connectivity index (χ1) is 44.8. The molecular weight excluding hydrogens is 1100 g/mol. The van der Waals surface area contributed by atoms with Crippen LogP contribution in [0.5, 0.6) is 11.5 Å². The number of aromatic nitrogens is 4. The summed E-state index contributed by atoms with van der Waals surface area (Å²) in [6, 6.07) is 101. The van der Waals surface area contributed by atoms with Crippen LogP contribution in [0.25, 0.3) is 132 Å². The van der Waals surface area contributed by atoms with E-state index >= 15 is 0 Å². The van der Waals surface area contributed by atoms with Crippen LogP contribution in [-0.4, -0.2) is 25.0 Å². The van der Waals surface area contributed by atoms with Gasteiger partial charge in [-0.15, -0.1) is 0 Å². The predicted molar refractivity (Wildman–Crippen MR) is 381 cm³/mol. The number of rotatable bonds is 5. The van der Waals surface area contributed by atoms with Gasteiger partial charge in [0.25, 0.3) is 6.71 Å². The zero-order valence-corrected chi connectivity index (χ0v) is 50.9. The SMILES string of the molecule is CC(C)c1cc2c3c(c1)C(C)c1ccc4c5cc(-c6cccc(-n7c8ccccc8c8ccccc87)c6)ccc5n(c4c1)-c1ccc4c(c1)B3c1cc(ccc1O4)-n1c3ccc(-c4cccc(-n5c6ccccc6c6ccccc65)c4)cc3c3ccc(cc31)C2C. The highest BCUT2D eigenvalue weighted by molar-refractivity contribution is 6.97. The molecule has 428 valence electrons. The van der Waals surface area contributed by atoms with Crippen molar-refractivity contribution in [2.24, 2.45) is 0 Å². The van der Waals surface area contributed by atoms with Gasteiger partial charge in [-0.3, -0.25) is 0 Å². The molecule has 6 heteroatoms. The first-order valence-corrected chi connectivity index (χ1v) is 32.2. The van der Waals surface area contributed by atoms with Crippen molar-refractivity contribution in [3.05, 3.63) is 295 Å². The van der Waals surface area contributed by atoms with Crippen molar-refractivity contribution in [1.82, 2.24) is 18.3 Å². The van der Waals surface area contributed by atoms with Crippen LogP contribution in [-0.2, 0) is 0 Å². The predicted octanol–water partition coefficient (Wildman–Crippen LogP) is 20.1. The molecule has 0 spiro atoms. The highest BCUT2D eigenvalue weighted by atomic mass is 16.5. The number of fused-ring (bicyclic) bond motifs is 18. The number of nitrogens with zero attached hydrogens (tertiary/aromatic N) is 4. The molecule has 0 saturated heterocycles. The minimum Gasteiger partial charge on any atom is -0.458 e. The molecule has 0 radical (unpaired) electrons. The number of para-hydroxylation sites is 4. The molecule has 3 aliphatic rings. The Balaban J connectivity index is 0.770. The van der Waals surface area contributed by atoms with E-state index in [0.29, 0.717) is 5.92 Å². The summed E-state index contributed by atoms with van der Waals surface area (Å²) in [6.07, 6.45) is 0. The molecule has 7 heterocycles. The average molecular weight is 1160 g/mol. The second-order valence-corrected chi connectivity index (χ2v) is 26.2. The van der Waals surface area contributed by atoms with Gasteiger partial charge in [-0.05, 0) is 188 Å². The molecule has 0 fully saturated rings. The summed E-state index contributed by atoms with van der Waals surface area (Å²) in [4.78, 5) is 0. The minimum atomic E-state index is -0.140. The van der Waals surface area contributed by atoms with Crippen molar-refractivity contribution in [2.45, 2.75) is 45.4 Å². The third kappa shape index (κ3) is 7.19. The summed E-state index contributed by atoms with van der Waals surface area (Å²) >= 11 is 0. The minimum absolute atomic E-state index is 0.0614. The maximum atomic E-state index is 7.24. The van der Waals surface area contributed by atoms with Gasteiger partial charge in [0.1, 0.15) is 11.5 Å². The molecule has 4 aromatic heterocycles. The fraction of sp³-hybridized carbons (Fsp3) is 0.0824. The van der Waals surface area contributed by atoms with Crippen LogP contribution in [0, 0.1) is 0 Å². The molecule has 0 amide bonds. The van der Waals surface area contributed by atoms with Crippen molar-refractivity contribution >= 4 is 110 Å². The summed E-state index contributed by atoms with van der Waals surface area (Å²) in [7, 11) is 0. The zero-order chi connectivity index (χ0) is 60.1. The van der Waals surface area contributed by atoms with Gasteiger partial charge in [-0.2, -0.15) is 0 Å². The summed E-state index contributed by atoms with van der Waals surface area (Å²) in [5.41, 5.74) is 29.4. The Morgan fingerprint density at radius 2 is 0.681 bits per heavy atom. The van der Waals surface area contributed by atoms with Gasteiger partial charge in [0.15, 0.2) is 0 Å². The molecule has 2 atom stereocenters. The summed E-state index contributed by atoms with van der Waals surface area (Å²) in [5.74, 6) is 2.25. The van der Waals surface area contributed by atoms with Gasteiger partial charge in [0, 0.05) is 77.7 Å². The van der Waals surface area contributed by atoms with Gasteiger partial charge < -0.3 is 23.0 Å². The molecule has 0 aliphatic carbocycles. The molecule has 8 bridgehead atoms. The van der Waals surface area contributed by atoms with Gasteiger partial charge in [0.2, 0.25) is 0 Å². The van der Waals surface area contributed by atoms with E-state index in [1.807, 2.05) is 0 Å². The first-order valence-electron chi connectivity index (χ1n) is 32.2. The average Bonchev–Trinajstić information content (AvgIpc) is 1.77. The number of hydrogen-bond acceptors (Lipinski definition) is 1. The maximum absolute atomic E-state index is 7.24. The van der Waals surface area contributed by atoms with Crippen LogP contribution in [0.15, 0.2) is 267 Å². The quantitative estimate of drug-likeness (QED) is 0.158. The third-order valence-corrected chi connectivity index (χ3v) is 21.1. The summed E-state index contributed by atoms with van der Waals surface area (Å²) in [5, 5.41) is 10.00. The van der Waals surface area contributed by atoms with Crippen molar-refractivity contribution in [3.8, 4) is 56.5 Å². The molecule has 0 saturated carbocycles. The lowest BCUT2D eigenvalue weighted by atomic mass is 9.33. The summed E-state index contributed by atoms with van der Waals surface area (Å²) < 4.78 is 17.1. The Morgan fingerprint density at radius 3 is 1.11 bits per heavy atom. The van der Waals surface area contributed by atoms with Crippen molar-refractivity contribution < 1.29 is 4.74 Å². The van der Waals surface area contributed by atoms with Crippen LogP contribution in [0.4, 0.5) is 0 Å². The second kappa shape index (κ2) is 18.7. The lowest BCUT2D eigenvalue weighted by molar-refractivity contribution is 0.487. The van der Waals surface area contributed by atoms with Crippen LogP contribution in [0.1, 0.15) is 73.3 Å². The van der Waals surface area contributed by atoms with Crippen LogP contribution in [0.3, 0.4) is 0 Å². The van der Waals surface area contributed by atoms with Gasteiger partial charge in [-0.1, -0.05) is 179 Å². The highest BCUT2D eigenvalue weighted by Gasteiger charge is 2.40. The largest absolute Gasteiger partial charge is 0.458 e. The van der Waals surface area contributed by atoms with E-state index in [1.54, 1.807) is 0 Å². The van der Waals surface area contributed by atoms with Crippen molar-refractivity contribution in [2.75, 3.05) is 0 Å². The van der Waals surface area contributed by atoms with Gasteiger partial charge in [0.05, 0.1) is 44.1 Å². The van der Waals surface area contributed by atoms with Crippen molar-refractivity contribution in [3.63, 3.8) is 0 Å². The highest BCUT2D eigenvalue weighted by Crippen LogP contribution is 2.45. The zero-order valence-electron chi connectivity index (χ0n) is 50.9. The standard InChI is InChI=1S/C85H59BN4O/c1-49(2)58-43-69-50(3)52-27-33-67-71-41-56(54-15-13-17-59(39-54)87-75-23-9-5-19-63(75)64-20-6-10-24-76(64)87)29-35-79(71)89(81(67)45-52)61-31-37-83-73(47-61)86-74-48-62(32-38-84(74)91-83)90-80-36-30-57(42-72(80)68-34-28-53(46-82(68)90)51(4)70(44-58)85(69)86)55-16-14-18-60(40-55)88-77-25-11-7-21-65(77)66-22-8-12-26-78(66)88/h5-51H,1-4H3. The van der Waals surface area contributed by atoms with Gasteiger partial charge in [-0.25, -0.2) is 0 Å². The molecule has 17 aromatic rings. The van der Waals surface area contributed by atoms with E-state index < -0.39 is 0 Å².